The molecule has 0 fully saturated rings. The van der Waals surface area contributed by atoms with Gasteiger partial charge in [0.05, 0.1) is 6.04 Å². The zero-order valence-electron chi connectivity index (χ0n) is 12.2. The summed E-state index contributed by atoms with van der Waals surface area (Å²) in [7, 11) is 0. The number of hydrogen-bond acceptors (Lipinski definition) is 4. The number of esters is 1. The molecule has 0 saturated heterocycles. The molecule has 0 aliphatic carbocycles. The Hall–Kier alpha value is -1.88. The Morgan fingerprint density at radius 1 is 1.25 bits per heavy atom. The number of carbonyl (C=O) groups excluding carboxylic acids is 2. The summed E-state index contributed by atoms with van der Waals surface area (Å²) in [5, 5.41) is 2.49. The van der Waals surface area contributed by atoms with Gasteiger partial charge in [0.2, 0.25) is 5.91 Å². The molecule has 0 radical (unpaired) electrons. The van der Waals surface area contributed by atoms with Crippen LogP contribution in [0, 0.1) is 0 Å². The first-order chi connectivity index (χ1) is 9.28. The Morgan fingerprint density at radius 2 is 1.85 bits per heavy atom. The number of nitrogens with one attached hydrogen (secondary N) is 1. The van der Waals surface area contributed by atoms with Crippen molar-refractivity contribution in [3.63, 3.8) is 0 Å². The third kappa shape index (κ3) is 6.33. The predicted molar refractivity (Wildman–Crippen MR) is 77.0 cm³/mol. The first-order valence-corrected chi connectivity index (χ1v) is 6.57. The molecule has 0 aromatic heterocycles. The second-order valence-corrected chi connectivity index (χ2v) is 5.60. The van der Waals surface area contributed by atoms with Crippen molar-refractivity contribution in [2.75, 3.05) is 6.54 Å². The molecule has 1 amide bonds. The van der Waals surface area contributed by atoms with Gasteiger partial charge in [0.25, 0.3) is 0 Å². The van der Waals surface area contributed by atoms with Crippen molar-refractivity contribution in [2.45, 2.75) is 38.8 Å². The summed E-state index contributed by atoms with van der Waals surface area (Å²) in [6, 6.07) is 8.81. The number of ether oxygens (including phenoxy) is 1. The Bertz CT molecular complexity index is 452. The Balaban J connectivity index is 2.37. The van der Waals surface area contributed by atoms with Crippen molar-refractivity contribution < 1.29 is 14.3 Å². The van der Waals surface area contributed by atoms with E-state index in [0.717, 1.165) is 5.56 Å². The first-order valence-electron chi connectivity index (χ1n) is 6.57. The molecule has 20 heavy (non-hydrogen) atoms. The maximum absolute atomic E-state index is 11.8. The van der Waals surface area contributed by atoms with Crippen molar-refractivity contribution in [2.24, 2.45) is 5.73 Å². The molecular formula is C15H22N2O3. The number of rotatable bonds is 5. The van der Waals surface area contributed by atoms with Crippen LogP contribution in [-0.2, 0) is 20.7 Å². The van der Waals surface area contributed by atoms with E-state index in [4.69, 9.17) is 10.5 Å². The largest absolute Gasteiger partial charge is 0.459 e. The molecule has 0 unspecified atom stereocenters. The van der Waals surface area contributed by atoms with Crippen molar-refractivity contribution in [1.82, 2.24) is 5.32 Å². The third-order valence-electron chi connectivity index (χ3n) is 2.46. The van der Waals surface area contributed by atoms with Crippen LogP contribution in [0.4, 0.5) is 0 Å². The minimum atomic E-state index is -0.681. The van der Waals surface area contributed by atoms with Gasteiger partial charge in [-0.3, -0.25) is 9.59 Å². The molecule has 0 aliphatic heterocycles. The van der Waals surface area contributed by atoms with Gasteiger partial charge in [0, 0.05) is 0 Å². The van der Waals surface area contributed by atoms with Crippen LogP contribution in [0.25, 0.3) is 0 Å². The van der Waals surface area contributed by atoms with Gasteiger partial charge < -0.3 is 15.8 Å². The summed E-state index contributed by atoms with van der Waals surface area (Å²) in [5.74, 6) is -0.836. The molecule has 1 rings (SSSR count). The van der Waals surface area contributed by atoms with Gasteiger partial charge in [0.1, 0.15) is 12.1 Å². The molecule has 1 aromatic carbocycles. The fraction of sp³-hybridized carbons (Fsp3) is 0.467. The van der Waals surface area contributed by atoms with Crippen LogP contribution in [0.2, 0.25) is 0 Å². The van der Waals surface area contributed by atoms with Crippen molar-refractivity contribution in [3.05, 3.63) is 35.9 Å². The highest BCUT2D eigenvalue weighted by Gasteiger charge is 2.19. The van der Waals surface area contributed by atoms with E-state index in [2.05, 4.69) is 5.32 Å². The van der Waals surface area contributed by atoms with Gasteiger partial charge >= 0.3 is 5.97 Å². The van der Waals surface area contributed by atoms with Gasteiger partial charge in [-0.05, 0) is 32.8 Å². The monoisotopic (exact) mass is 278 g/mol. The number of hydrogen-bond donors (Lipinski definition) is 2. The molecular weight excluding hydrogens is 256 g/mol. The first kappa shape index (κ1) is 16.2. The van der Waals surface area contributed by atoms with Crippen LogP contribution in [0.3, 0.4) is 0 Å². The van der Waals surface area contributed by atoms with Crippen LogP contribution >= 0.6 is 0 Å². The Labute approximate surface area is 119 Å². The highest BCUT2D eigenvalue weighted by Crippen LogP contribution is 2.06. The van der Waals surface area contributed by atoms with Gasteiger partial charge in [-0.2, -0.15) is 0 Å². The fourth-order valence-electron chi connectivity index (χ4n) is 1.63. The van der Waals surface area contributed by atoms with Gasteiger partial charge in [-0.15, -0.1) is 0 Å². The highest BCUT2D eigenvalue weighted by atomic mass is 16.6. The van der Waals surface area contributed by atoms with E-state index in [1.165, 1.54) is 0 Å². The molecule has 0 saturated carbocycles. The van der Waals surface area contributed by atoms with Gasteiger partial charge in [0.15, 0.2) is 0 Å². The number of nitrogens with two attached hydrogens (primary N) is 1. The predicted octanol–water partition coefficient (Wildman–Crippen LogP) is 1.01. The second kappa shape index (κ2) is 7.05. The van der Waals surface area contributed by atoms with E-state index in [1.807, 2.05) is 30.3 Å². The lowest BCUT2D eigenvalue weighted by Gasteiger charge is -2.20. The van der Waals surface area contributed by atoms with E-state index in [1.54, 1.807) is 20.8 Å². The van der Waals surface area contributed by atoms with Crippen LogP contribution < -0.4 is 11.1 Å². The second-order valence-electron chi connectivity index (χ2n) is 5.60. The van der Waals surface area contributed by atoms with E-state index < -0.39 is 17.6 Å². The molecule has 3 N–H and O–H groups in total. The van der Waals surface area contributed by atoms with E-state index in [-0.39, 0.29) is 12.5 Å². The summed E-state index contributed by atoms with van der Waals surface area (Å²) in [4.78, 5) is 23.2. The quantitative estimate of drug-likeness (QED) is 0.788. The van der Waals surface area contributed by atoms with Crippen LogP contribution in [0.15, 0.2) is 30.3 Å². The summed E-state index contributed by atoms with van der Waals surface area (Å²) < 4.78 is 5.09. The van der Waals surface area contributed by atoms with Crippen LogP contribution in [0.5, 0.6) is 0 Å². The average molecular weight is 278 g/mol. The lowest BCUT2D eigenvalue weighted by Crippen LogP contribution is -2.44. The van der Waals surface area contributed by atoms with E-state index in [0.29, 0.717) is 6.42 Å². The molecule has 0 spiro atoms. The Kier molecular flexibility index (Phi) is 5.70. The lowest BCUT2D eigenvalue weighted by molar-refractivity contribution is -0.154. The van der Waals surface area contributed by atoms with Crippen LogP contribution in [0.1, 0.15) is 26.3 Å². The van der Waals surface area contributed by atoms with Gasteiger partial charge in [-0.1, -0.05) is 30.3 Å². The topological polar surface area (TPSA) is 81.4 Å². The summed E-state index contributed by atoms with van der Waals surface area (Å²) in [6.45, 7) is 5.15. The summed E-state index contributed by atoms with van der Waals surface area (Å²) in [5.41, 5.74) is 6.22. The van der Waals surface area contributed by atoms with E-state index in [9.17, 15) is 9.59 Å². The zero-order valence-corrected chi connectivity index (χ0v) is 12.2. The third-order valence-corrected chi connectivity index (χ3v) is 2.46. The zero-order chi connectivity index (χ0) is 15.2. The lowest BCUT2D eigenvalue weighted by atomic mass is 10.1. The normalized spacial score (nSPS) is 12.6. The molecule has 5 nitrogen and oxygen atoms in total. The SMILES string of the molecule is CC(C)(C)OC(=O)CNC(=O)[C@H](N)Cc1ccccc1. The molecule has 110 valence electrons. The Morgan fingerprint density at radius 3 is 2.40 bits per heavy atom. The smallest absolute Gasteiger partial charge is 0.325 e. The maximum atomic E-state index is 11.8. The van der Waals surface area contributed by atoms with Gasteiger partial charge in [-0.25, -0.2) is 0 Å². The number of carbonyl (C=O) groups is 2. The minimum Gasteiger partial charge on any atom is -0.459 e. The molecule has 1 atom stereocenters. The van der Waals surface area contributed by atoms with Crippen molar-refractivity contribution in [3.8, 4) is 0 Å². The molecule has 0 heterocycles. The van der Waals surface area contributed by atoms with E-state index >= 15 is 0 Å². The highest BCUT2D eigenvalue weighted by molar-refractivity contribution is 5.85. The molecule has 0 bridgehead atoms. The molecule has 1 aromatic rings. The molecule has 0 aliphatic rings. The average Bonchev–Trinajstić information content (AvgIpc) is 2.35. The number of benzene rings is 1. The minimum absolute atomic E-state index is 0.168. The summed E-state index contributed by atoms with van der Waals surface area (Å²) >= 11 is 0. The van der Waals surface area contributed by atoms with Crippen LogP contribution in [-0.4, -0.2) is 30.1 Å². The van der Waals surface area contributed by atoms with Crippen molar-refractivity contribution >= 4 is 11.9 Å². The molecule has 5 heteroatoms. The standard InChI is InChI=1S/C15H22N2O3/c1-15(2,3)20-13(18)10-17-14(19)12(16)9-11-7-5-4-6-8-11/h4-8,12H,9-10,16H2,1-3H3,(H,17,19)/t12-/m1/s1. The van der Waals surface area contributed by atoms with Crippen molar-refractivity contribution in [1.29, 1.82) is 0 Å². The summed E-state index contributed by atoms with van der Waals surface area (Å²) in [6.07, 6.45) is 0.432. The fourth-order valence-corrected chi connectivity index (χ4v) is 1.63. The number of amides is 1. The maximum Gasteiger partial charge on any atom is 0.325 e.